The number of amides is 1. The molecule has 0 atom stereocenters. The molecule has 1 aliphatic heterocycles. The van der Waals surface area contributed by atoms with Crippen LogP contribution < -0.4 is 4.74 Å². The number of fused-ring (bicyclic) bond motifs is 1. The zero-order valence-electron chi connectivity index (χ0n) is 18.8. The highest BCUT2D eigenvalue weighted by Gasteiger charge is 2.26. The maximum Gasteiger partial charge on any atom is 0.253 e. The van der Waals surface area contributed by atoms with Gasteiger partial charge < -0.3 is 9.64 Å². The highest BCUT2D eigenvalue weighted by molar-refractivity contribution is 6.30. The van der Waals surface area contributed by atoms with E-state index in [0.29, 0.717) is 17.1 Å². The zero-order chi connectivity index (χ0) is 22.7. The maximum atomic E-state index is 13.0. The van der Waals surface area contributed by atoms with Gasteiger partial charge in [-0.05, 0) is 55.4 Å². The van der Waals surface area contributed by atoms with Gasteiger partial charge in [0, 0.05) is 42.7 Å². The van der Waals surface area contributed by atoms with Crippen LogP contribution in [0.5, 0.6) is 5.75 Å². The van der Waals surface area contributed by atoms with Crippen molar-refractivity contribution in [2.24, 2.45) is 0 Å². The summed E-state index contributed by atoms with van der Waals surface area (Å²) in [5.74, 6) is 0.689. The van der Waals surface area contributed by atoms with Crippen LogP contribution in [0.3, 0.4) is 0 Å². The van der Waals surface area contributed by atoms with Gasteiger partial charge in [0.1, 0.15) is 5.75 Å². The Bertz CT molecular complexity index is 1090. The summed E-state index contributed by atoms with van der Waals surface area (Å²) in [4.78, 5) is 17.2. The second-order valence-corrected chi connectivity index (χ2v) is 8.62. The predicted octanol–water partition coefficient (Wildman–Crippen LogP) is 4.57. The third kappa shape index (κ3) is 4.66. The molecular weight excluding hydrogens is 424 g/mol. The average molecular weight is 453 g/mol. The molecule has 7 heteroatoms. The molecule has 0 fully saturated rings. The van der Waals surface area contributed by atoms with E-state index in [2.05, 4.69) is 11.8 Å². The molecule has 0 radical (unpaired) electrons. The summed E-state index contributed by atoms with van der Waals surface area (Å²) < 4.78 is 7.20. The summed E-state index contributed by atoms with van der Waals surface area (Å²) in [6.07, 6.45) is 2.04. The highest BCUT2D eigenvalue weighted by Crippen LogP contribution is 2.27. The van der Waals surface area contributed by atoms with Crippen LogP contribution in [0.25, 0.3) is 5.69 Å². The molecule has 0 unspecified atom stereocenters. The van der Waals surface area contributed by atoms with Crippen molar-refractivity contribution in [2.45, 2.75) is 32.9 Å². The van der Waals surface area contributed by atoms with Crippen molar-refractivity contribution >= 4 is 17.5 Å². The van der Waals surface area contributed by atoms with Crippen LogP contribution in [-0.2, 0) is 19.5 Å². The SMILES string of the molecule is CCCN1CCc2c(c(CN(C)C(=O)c3ccc(OC)cc3)nn2-c2cccc(Cl)c2)C1. The average Bonchev–Trinajstić information content (AvgIpc) is 3.16. The Morgan fingerprint density at radius 1 is 1.22 bits per heavy atom. The van der Waals surface area contributed by atoms with E-state index in [0.717, 1.165) is 49.6 Å². The minimum atomic E-state index is -0.0417. The molecule has 0 bridgehead atoms. The monoisotopic (exact) mass is 452 g/mol. The Hall–Kier alpha value is -2.83. The molecule has 0 aliphatic carbocycles. The van der Waals surface area contributed by atoms with Crippen LogP contribution in [0.15, 0.2) is 48.5 Å². The van der Waals surface area contributed by atoms with Gasteiger partial charge in [0.25, 0.3) is 5.91 Å². The minimum absolute atomic E-state index is 0.0417. The van der Waals surface area contributed by atoms with Crippen LogP contribution in [-0.4, -0.2) is 52.7 Å². The fourth-order valence-corrected chi connectivity index (χ4v) is 4.43. The number of benzene rings is 2. The molecule has 0 spiro atoms. The Morgan fingerprint density at radius 3 is 2.69 bits per heavy atom. The number of nitrogens with zero attached hydrogens (tertiary/aromatic N) is 4. The quantitative estimate of drug-likeness (QED) is 0.526. The van der Waals surface area contributed by atoms with Crippen molar-refractivity contribution in [3.63, 3.8) is 0 Å². The van der Waals surface area contributed by atoms with Gasteiger partial charge in [0.15, 0.2) is 0 Å². The number of rotatable bonds is 7. The lowest BCUT2D eigenvalue weighted by Gasteiger charge is -2.27. The number of hydrogen-bond acceptors (Lipinski definition) is 4. The second-order valence-electron chi connectivity index (χ2n) is 8.18. The molecule has 4 rings (SSSR count). The van der Waals surface area contributed by atoms with E-state index in [1.807, 2.05) is 36.0 Å². The van der Waals surface area contributed by atoms with E-state index in [9.17, 15) is 4.79 Å². The molecule has 2 aromatic carbocycles. The zero-order valence-corrected chi connectivity index (χ0v) is 19.6. The molecule has 3 aromatic rings. The molecule has 1 amide bonds. The van der Waals surface area contributed by atoms with Crippen LogP contribution in [0, 0.1) is 0 Å². The summed E-state index contributed by atoms with van der Waals surface area (Å²) >= 11 is 6.25. The lowest BCUT2D eigenvalue weighted by atomic mass is 10.0. The molecule has 32 heavy (non-hydrogen) atoms. The van der Waals surface area contributed by atoms with Crippen molar-refractivity contribution in [3.8, 4) is 11.4 Å². The molecule has 0 saturated heterocycles. The number of hydrogen-bond donors (Lipinski definition) is 0. The number of halogens is 1. The lowest BCUT2D eigenvalue weighted by molar-refractivity contribution is 0.0782. The van der Waals surface area contributed by atoms with Gasteiger partial charge in [-0.3, -0.25) is 9.69 Å². The number of carbonyl (C=O) groups is 1. The third-order valence-corrected chi connectivity index (χ3v) is 6.12. The Morgan fingerprint density at radius 2 is 2.00 bits per heavy atom. The van der Waals surface area contributed by atoms with Gasteiger partial charge in [-0.25, -0.2) is 4.68 Å². The van der Waals surface area contributed by atoms with Crippen molar-refractivity contribution in [1.82, 2.24) is 19.6 Å². The number of ether oxygens (including phenoxy) is 1. The first kappa shape index (κ1) is 22.4. The molecule has 0 saturated carbocycles. The van der Waals surface area contributed by atoms with Crippen LogP contribution >= 0.6 is 11.6 Å². The molecule has 1 aliphatic rings. The van der Waals surface area contributed by atoms with Crippen molar-refractivity contribution < 1.29 is 9.53 Å². The Labute approximate surface area is 194 Å². The van der Waals surface area contributed by atoms with Crippen molar-refractivity contribution in [2.75, 3.05) is 27.2 Å². The fraction of sp³-hybridized carbons (Fsp3) is 0.360. The van der Waals surface area contributed by atoms with Crippen LogP contribution in [0.2, 0.25) is 5.02 Å². The van der Waals surface area contributed by atoms with Gasteiger partial charge in [0.2, 0.25) is 0 Å². The van der Waals surface area contributed by atoms with Crippen LogP contribution in [0.1, 0.15) is 40.7 Å². The van der Waals surface area contributed by atoms with E-state index in [-0.39, 0.29) is 5.91 Å². The second kappa shape index (κ2) is 9.76. The van der Waals surface area contributed by atoms with Crippen LogP contribution in [0.4, 0.5) is 0 Å². The standard InChI is InChI=1S/C25H29ClN4O2/c1-4-13-29-14-12-24-22(16-29)23(27-30(24)20-7-5-6-19(26)15-20)17-28(2)25(31)18-8-10-21(32-3)11-9-18/h5-11,15H,4,12-14,16-17H2,1-3H3. The largest absolute Gasteiger partial charge is 0.497 e. The first-order valence-corrected chi connectivity index (χ1v) is 11.4. The third-order valence-electron chi connectivity index (χ3n) is 5.88. The Kier molecular flexibility index (Phi) is 6.82. The minimum Gasteiger partial charge on any atom is -0.497 e. The molecule has 1 aromatic heterocycles. The van der Waals surface area contributed by atoms with E-state index in [4.69, 9.17) is 21.4 Å². The summed E-state index contributed by atoms with van der Waals surface area (Å²) in [5, 5.41) is 5.64. The summed E-state index contributed by atoms with van der Waals surface area (Å²) in [5.41, 5.74) is 4.95. The summed E-state index contributed by atoms with van der Waals surface area (Å²) in [7, 11) is 3.44. The number of carbonyl (C=O) groups excluding carboxylic acids is 1. The normalized spacial score (nSPS) is 13.6. The van der Waals surface area contributed by atoms with Crippen molar-refractivity contribution in [1.29, 1.82) is 0 Å². The topological polar surface area (TPSA) is 50.6 Å². The maximum absolute atomic E-state index is 13.0. The Balaban J connectivity index is 1.64. The molecule has 6 nitrogen and oxygen atoms in total. The molecular formula is C25H29ClN4O2. The van der Waals surface area contributed by atoms with E-state index < -0.39 is 0 Å². The smallest absolute Gasteiger partial charge is 0.253 e. The number of methoxy groups -OCH3 is 1. The van der Waals surface area contributed by atoms with Gasteiger partial charge in [-0.15, -0.1) is 0 Å². The van der Waals surface area contributed by atoms with E-state index in [1.54, 1.807) is 36.3 Å². The molecule has 0 N–H and O–H groups in total. The first-order valence-electron chi connectivity index (χ1n) is 11.0. The van der Waals surface area contributed by atoms with E-state index >= 15 is 0 Å². The van der Waals surface area contributed by atoms with Gasteiger partial charge in [-0.1, -0.05) is 24.6 Å². The fourth-order valence-electron chi connectivity index (χ4n) is 4.25. The van der Waals surface area contributed by atoms with Gasteiger partial charge in [-0.2, -0.15) is 5.10 Å². The van der Waals surface area contributed by atoms with E-state index in [1.165, 1.54) is 11.3 Å². The highest BCUT2D eigenvalue weighted by atomic mass is 35.5. The number of aromatic nitrogens is 2. The predicted molar refractivity (Wildman–Crippen MR) is 127 cm³/mol. The summed E-state index contributed by atoms with van der Waals surface area (Å²) in [6, 6.07) is 15.0. The van der Waals surface area contributed by atoms with Crippen molar-refractivity contribution in [3.05, 3.63) is 76.1 Å². The molecule has 168 valence electrons. The molecule has 2 heterocycles. The first-order chi connectivity index (χ1) is 15.5. The van der Waals surface area contributed by atoms with Gasteiger partial charge >= 0.3 is 0 Å². The summed E-state index contributed by atoms with van der Waals surface area (Å²) in [6.45, 7) is 5.56. The van der Waals surface area contributed by atoms with Gasteiger partial charge in [0.05, 0.1) is 30.7 Å². The lowest BCUT2D eigenvalue weighted by Crippen LogP contribution is -2.32.